The topological polar surface area (TPSA) is 116 Å². The van der Waals surface area contributed by atoms with Crippen LogP contribution >= 0.6 is 0 Å². The number of allylic oxidation sites excluding steroid dienone is 1. The van der Waals surface area contributed by atoms with Crippen molar-refractivity contribution in [2.24, 2.45) is 5.73 Å². The lowest BCUT2D eigenvalue weighted by atomic mass is 10.1. The van der Waals surface area contributed by atoms with Gasteiger partial charge in [0.05, 0.1) is 19.8 Å². The molecular weight excluding hydrogens is 302 g/mol. The maximum absolute atomic E-state index is 11.1. The van der Waals surface area contributed by atoms with Gasteiger partial charge >= 0.3 is 17.9 Å². The van der Waals surface area contributed by atoms with Crippen LogP contribution in [0.5, 0.6) is 0 Å². The van der Waals surface area contributed by atoms with E-state index in [0.717, 1.165) is 25.0 Å². The first-order valence-corrected chi connectivity index (χ1v) is 6.86. The van der Waals surface area contributed by atoms with Crippen LogP contribution in [-0.4, -0.2) is 37.2 Å². The summed E-state index contributed by atoms with van der Waals surface area (Å²) in [4.78, 5) is 30.2. The summed E-state index contributed by atoms with van der Waals surface area (Å²) in [6.45, 7) is 10.0. The molecule has 0 aliphatic carbocycles. The average Bonchev–Trinajstić information content (AvgIpc) is 2.55. The molecule has 0 aromatic carbocycles. The van der Waals surface area contributed by atoms with Crippen molar-refractivity contribution in [2.45, 2.75) is 33.1 Å². The highest BCUT2D eigenvalue weighted by molar-refractivity contribution is 5.89. The summed E-state index contributed by atoms with van der Waals surface area (Å²) >= 11 is 0. The molecule has 0 fully saturated rings. The highest BCUT2D eigenvalue weighted by Crippen LogP contribution is 2.10. The van der Waals surface area contributed by atoms with Gasteiger partial charge in [-0.15, -0.1) is 0 Å². The van der Waals surface area contributed by atoms with Gasteiger partial charge in [-0.25, -0.2) is 14.4 Å². The van der Waals surface area contributed by atoms with Crippen molar-refractivity contribution >= 4 is 17.9 Å². The molecule has 0 aliphatic rings. The number of esters is 2. The minimum Gasteiger partial charge on any atom is -0.478 e. The molecule has 132 valence electrons. The molecule has 0 aromatic rings. The zero-order valence-corrected chi connectivity index (χ0v) is 14.3. The van der Waals surface area contributed by atoms with Crippen LogP contribution in [0.2, 0.25) is 0 Å². The molecule has 0 heterocycles. The van der Waals surface area contributed by atoms with E-state index in [0.29, 0.717) is 17.7 Å². The third-order valence-corrected chi connectivity index (χ3v) is 2.23. The van der Waals surface area contributed by atoms with Crippen LogP contribution in [0, 0.1) is 0 Å². The second-order valence-electron chi connectivity index (χ2n) is 3.87. The van der Waals surface area contributed by atoms with Crippen molar-refractivity contribution in [3.8, 4) is 0 Å². The molecule has 0 aromatic heterocycles. The van der Waals surface area contributed by atoms with Crippen molar-refractivity contribution in [3.63, 3.8) is 0 Å². The Morgan fingerprint density at radius 1 is 1.09 bits per heavy atom. The second-order valence-corrected chi connectivity index (χ2v) is 3.87. The monoisotopic (exact) mass is 329 g/mol. The van der Waals surface area contributed by atoms with Crippen molar-refractivity contribution < 1.29 is 29.0 Å². The first kappa shape index (κ1) is 25.4. The number of carbonyl (C=O) groups is 3. The van der Waals surface area contributed by atoms with Gasteiger partial charge in [-0.1, -0.05) is 33.4 Å². The van der Waals surface area contributed by atoms with Crippen LogP contribution in [0.1, 0.15) is 33.1 Å². The number of nitrogens with two attached hydrogens (primary N) is 1. The molecule has 0 spiro atoms. The van der Waals surface area contributed by atoms with Crippen molar-refractivity contribution in [1.82, 2.24) is 0 Å². The minimum absolute atomic E-state index is 0.302. The van der Waals surface area contributed by atoms with Crippen LogP contribution < -0.4 is 5.73 Å². The molecule has 0 saturated heterocycles. The summed E-state index contributed by atoms with van der Waals surface area (Å²) in [7, 11) is 2.68. The number of carboxylic acids is 1. The van der Waals surface area contributed by atoms with Gasteiger partial charge in [-0.2, -0.15) is 0 Å². The number of carbonyl (C=O) groups excluding carboxylic acids is 2. The summed E-state index contributed by atoms with van der Waals surface area (Å²) in [5, 5.41) is 7.60. The number of aliphatic carboxylic acids is 1. The summed E-state index contributed by atoms with van der Waals surface area (Å²) in [5.74, 6) is -1.68. The Balaban J connectivity index is -0.000000303. The fourth-order valence-corrected chi connectivity index (χ4v) is 1.13. The van der Waals surface area contributed by atoms with Gasteiger partial charge < -0.3 is 20.3 Å². The lowest BCUT2D eigenvalue weighted by Gasteiger charge is -2.06. The lowest BCUT2D eigenvalue weighted by Crippen LogP contribution is -2.12. The lowest BCUT2D eigenvalue weighted by molar-refractivity contribution is -0.136. The predicted molar refractivity (Wildman–Crippen MR) is 88.5 cm³/mol. The van der Waals surface area contributed by atoms with Crippen LogP contribution in [0.3, 0.4) is 0 Å². The van der Waals surface area contributed by atoms with E-state index in [2.05, 4.69) is 22.6 Å². The Morgan fingerprint density at radius 3 is 1.74 bits per heavy atom. The first-order chi connectivity index (χ1) is 10.7. The fourth-order valence-electron chi connectivity index (χ4n) is 1.13. The molecule has 0 amide bonds. The molecule has 0 radical (unpaired) electrons. The van der Waals surface area contributed by atoms with E-state index in [1.165, 1.54) is 14.2 Å². The molecule has 0 unspecified atom stereocenters. The Hall–Kier alpha value is -2.57. The normalized spacial score (nSPS) is 9.57. The van der Waals surface area contributed by atoms with Gasteiger partial charge in [-0.05, 0) is 12.8 Å². The third-order valence-electron chi connectivity index (χ3n) is 2.23. The van der Waals surface area contributed by atoms with E-state index in [4.69, 9.17) is 10.8 Å². The molecule has 0 bridgehead atoms. The number of methoxy groups -OCH3 is 2. The van der Waals surface area contributed by atoms with E-state index in [9.17, 15) is 14.4 Å². The fraction of sp³-hybridized carbons (Fsp3) is 0.438. The molecule has 0 atom stereocenters. The predicted octanol–water partition coefficient (Wildman–Crippen LogP) is 2.18. The Kier molecular flexibility index (Phi) is 19.3. The molecule has 0 saturated carbocycles. The van der Waals surface area contributed by atoms with E-state index >= 15 is 0 Å². The van der Waals surface area contributed by atoms with Gasteiger partial charge in [0.1, 0.15) is 0 Å². The molecule has 3 N–H and O–H groups in total. The number of carboxylic acid groups (broad SMARTS) is 1. The smallest absolute Gasteiger partial charge is 0.335 e. The van der Waals surface area contributed by atoms with Gasteiger partial charge in [0.25, 0.3) is 0 Å². The maximum Gasteiger partial charge on any atom is 0.335 e. The minimum atomic E-state index is -0.981. The van der Waals surface area contributed by atoms with Gasteiger partial charge in [0.2, 0.25) is 0 Å². The van der Waals surface area contributed by atoms with Crippen molar-refractivity contribution in [3.05, 3.63) is 36.6 Å². The van der Waals surface area contributed by atoms with Crippen LogP contribution in [0.15, 0.2) is 36.6 Å². The number of rotatable bonds is 6. The zero-order chi connectivity index (χ0) is 18.8. The molecule has 7 heteroatoms. The third kappa shape index (κ3) is 17.4. The van der Waals surface area contributed by atoms with Crippen molar-refractivity contribution in [2.75, 3.05) is 14.2 Å². The second kappa shape index (κ2) is 17.5. The summed E-state index contributed by atoms with van der Waals surface area (Å²) in [6, 6.07) is 0. The quantitative estimate of drug-likeness (QED) is 0.566. The highest BCUT2D eigenvalue weighted by Gasteiger charge is 2.10. The summed E-state index contributed by atoms with van der Waals surface area (Å²) < 4.78 is 8.74. The highest BCUT2D eigenvalue weighted by atomic mass is 16.5. The summed E-state index contributed by atoms with van der Waals surface area (Å²) in [5.41, 5.74) is 6.96. The molecule has 0 rings (SSSR count). The van der Waals surface area contributed by atoms with E-state index in [-0.39, 0.29) is 5.97 Å². The van der Waals surface area contributed by atoms with Crippen LogP contribution in [0.4, 0.5) is 0 Å². The summed E-state index contributed by atoms with van der Waals surface area (Å²) in [6.07, 6.45) is 4.29. The SMILES string of the molecule is C=CC(=O)O.C=CC(=O)OC.CCCC(N)=C(CC)C(=O)OC. The van der Waals surface area contributed by atoms with Gasteiger partial charge in [0.15, 0.2) is 0 Å². The maximum atomic E-state index is 11.1. The number of hydrogen-bond donors (Lipinski definition) is 2. The zero-order valence-electron chi connectivity index (χ0n) is 14.3. The Morgan fingerprint density at radius 2 is 1.57 bits per heavy atom. The standard InChI is InChI=1S/C9H17NO2.C4H6O2.C3H4O2/c1-4-6-8(10)7(5-2)9(11)12-3;1-3-4(5)6-2;1-2-3(4)5/h4-6,10H2,1-3H3;3H,1H2,2H3;2H,1H2,(H,4,5). The Bertz CT molecular complexity index is 426. The van der Waals surface area contributed by atoms with Gasteiger partial charge in [0, 0.05) is 17.8 Å². The Labute approximate surface area is 137 Å². The number of hydrogen-bond acceptors (Lipinski definition) is 6. The van der Waals surface area contributed by atoms with Crippen LogP contribution in [-0.2, 0) is 23.9 Å². The average molecular weight is 329 g/mol. The van der Waals surface area contributed by atoms with Crippen molar-refractivity contribution in [1.29, 1.82) is 0 Å². The largest absolute Gasteiger partial charge is 0.478 e. The molecule has 23 heavy (non-hydrogen) atoms. The van der Waals surface area contributed by atoms with Crippen LogP contribution in [0.25, 0.3) is 0 Å². The first-order valence-electron chi connectivity index (χ1n) is 6.86. The van der Waals surface area contributed by atoms with Gasteiger partial charge in [-0.3, -0.25) is 0 Å². The molecule has 0 aliphatic heterocycles. The van der Waals surface area contributed by atoms with E-state index in [1.54, 1.807) is 0 Å². The van der Waals surface area contributed by atoms with E-state index < -0.39 is 11.9 Å². The van der Waals surface area contributed by atoms with E-state index in [1.807, 2.05) is 13.8 Å². The molecular formula is C16H27NO6. The molecule has 7 nitrogen and oxygen atoms in total. The number of ether oxygens (including phenoxy) is 2.